The largest absolute Gasteiger partial charge is 0.497 e. The zero-order valence-electron chi connectivity index (χ0n) is 19.7. The van der Waals surface area contributed by atoms with Crippen LogP contribution in [0.1, 0.15) is 12.8 Å². The Hall–Kier alpha value is -4.24. The molecule has 1 aliphatic heterocycles. The van der Waals surface area contributed by atoms with Crippen LogP contribution in [-0.4, -0.2) is 51.5 Å². The minimum absolute atomic E-state index is 0.202. The van der Waals surface area contributed by atoms with Gasteiger partial charge in [0.1, 0.15) is 29.1 Å². The summed E-state index contributed by atoms with van der Waals surface area (Å²) in [5.41, 5.74) is 5.61. The van der Waals surface area contributed by atoms with Crippen LogP contribution in [0.4, 0.5) is 4.39 Å². The Morgan fingerprint density at radius 3 is 2.56 bits per heavy atom. The SMILES string of the molecule is COc1cc(F)cc(-c2cncc3[nH]c(-c4cc(-c5cncc(OC6CCNCC6)c5)[nH]n4)cc23)c1. The van der Waals surface area contributed by atoms with Gasteiger partial charge in [0.15, 0.2) is 0 Å². The number of H-pyrrole nitrogens is 2. The third-order valence-electron chi connectivity index (χ3n) is 6.43. The van der Waals surface area contributed by atoms with E-state index in [1.165, 1.54) is 19.2 Å². The number of methoxy groups -OCH3 is 1. The van der Waals surface area contributed by atoms with Gasteiger partial charge < -0.3 is 19.8 Å². The molecule has 4 aromatic heterocycles. The molecule has 5 aromatic rings. The van der Waals surface area contributed by atoms with Gasteiger partial charge in [0.25, 0.3) is 0 Å². The molecule has 182 valence electrons. The highest BCUT2D eigenvalue weighted by Crippen LogP contribution is 2.34. The lowest BCUT2D eigenvalue weighted by molar-refractivity contribution is 0.162. The van der Waals surface area contributed by atoms with E-state index >= 15 is 0 Å². The van der Waals surface area contributed by atoms with E-state index in [9.17, 15) is 4.39 Å². The van der Waals surface area contributed by atoms with Crippen LogP contribution in [-0.2, 0) is 0 Å². The van der Waals surface area contributed by atoms with Gasteiger partial charge in [-0.1, -0.05) is 0 Å². The topological polar surface area (TPSA) is 101 Å². The molecule has 0 aliphatic carbocycles. The molecular formula is C27H25FN6O2. The van der Waals surface area contributed by atoms with Crippen LogP contribution < -0.4 is 14.8 Å². The normalized spacial score (nSPS) is 14.3. The highest BCUT2D eigenvalue weighted by atomic mass is 19.1. The summed E-state index contributed by atoms with van der Waals surface area (Å²) in [6.07, 6.45) is 9.18. The number of fused-ring (bicyclic) bond motifs is 1. The number of hydrogen-bond acceptors (Lipinski definition) is 6. The number of halogens is 1. The molecule has 0 bridgehead atoms. The summed E-state index contributed by atoms with van der Waals surface area (Å²) in [5, 5.41) is 11.9. The standard InChI is InChI=1S/C27H25FN6O2/c1-35-20-7-16(6-18(28)9-20)23-14-31-15-27-22(23)10-25(32-27)26-11-24(33-34-26)17-8-21(13-30-12-17)36-19-2-4-29-5-3-19/h6-15,19,29,32H,2-5H2,1H3,(H,33,34). The van der Waals surface area contributed by atoms with Crippen LogP contribution in [0.3, 0.4) is 0 Å². The number of piperidine rings is 1. The Kier molecular flexibility index (Phi) is 5.82. The molecular weight excluding hydrogens is 459 g/mol. The predicted octanol–water partition coefficient (Wildman–Crippen LogP) is 4.96. The van der Waals surface area contributed by atoms with E-state index in [4.69, 9.17) is 9.47 Å². The molecule has 1 aliphatic rings. The fraction of sp³-hybridized carbons (Fsp3) is 0.222. The summed E-state index contributed by atoms with van der Waals surface area (Å²) >= 11 is 0. The molecule has 6 rings (SSSR count). The molecule has 3 N–H and O–H groups in total. The first-order valence-corrected chi connectivity index (χ1v) is 11.9. The number of aromatic nitrogens is 5. The van der Waals surface area contributed by atoms with Crippen LogP contribution in [0.5, 0.6) is 11.5 Å². The fourth-order valence-electron chi connectivity index (χ4n) is 4.60. The minimum Gasteiger partial charge on any atom is -0.497 e. The minimum atomic E-state index is -0.367. The number of nitrogens with zero attached hydrogens (tertiary/aromatic N) is 3. The first-order valence-electron chi connectivity index (χ1n) is 11.9. The maximum absolute atomic E-state index is 14.2. The zero-order chi connectivity index (χ0) is 24.5. The quantitative estimate of drug-likeness (QED) is 0.315. The van der Waals surface area contributed by atoms with Crippen LogP contribution in [0.2, 0.25) is 0 Å². The van der Waals surface area contributed by atoms with E-state index in [-0.39, 0.29) is 11.9 Å². The number of aromatic amines is 2. The highest BCUT2D eigenvalue weighted by Gasteiger charge is 2.16. The van der Waals surface area contributed by atoms with Crippen molar-refractivity contribution >= 4 is 10.9 Å². The number of hydrogen-bond donors (Lipinski definition) is 3. The van der Waals surface area contributed by atoms with Crippen LogP contribution >= 0.6 is 0 Å². The van der Waals surface area contributed by atoms with Crippen molar-refractivity contribution in [2.24, 2.45) is 0 Å². The van der Waals surface area contributed by atoms with Crippen LogP contribution in [0, 0.1) is 5.82 Å². The molecule has 0 unspecified atom stereocenters. The van der Waals surface area contributed by atoms with Gasteiger partial charge in [0, 0.05) is 35.0 Å². The third-order valence-corrected chi connectivity index (χ3v) is 6.43. The second-order valence-corrected chi connectivity index (χ2v) is 8.85. The smallest absolute Gasteiger partial charge is 0.138 e. The van der Waals surface area contributed by atoms with E-state index < -0.39 is 0 Å². The molecule has 9 heteroatoms. The van der Waals surface area contributed by atoms with Crippen molar-refractivity contribution in [1.29, 1.82) is 0 Å². The highest BCUT2D eigenvalue weighted by molar-refractivity contribution is 5.97. The first kappa shape index (κ1) is 22.2. The van der Waals surface area contributed by atoms with Crippen LogP contribution in [0.25, 0.3) is 44.7 Å². The van der Waals surface area contributed by atoms with Crippen molar-refractivity contribution in [2.75, 3.05) is 20.2 Å². The molecule has 1 aromatic carbocycles. The molecule has 1 fully saturated rings. The van der Waals surface area contributed by atoms with Crippen molar-refractivity contribution in [1.82, 2.24) is 30.5 Å². The zero-order valence-corrected chi connectivity index (χ0v) is 19.7. The van der Waals surface area contributed by atoms with E-state index in [1.807, 2.05) is 18.2 Å². The molecule has 0 spiro atoms. The summed E-state index contributed by atoms with van der Waals surface area (Å²) in [6.45, 7) is 1.94. The molecule has 36 heavy (non-hydrogen) atoms. The number of ether oxygens (including phenoxy) is 2. The van der Waals surface area contributed by atoms with Crippen molar-refractivity contribution in [2.45, 2.75) is 18.9 Å². The van der Waals surface area contributed by atoms with Crippen molar-refractivity contribution in [3.63, 3.8) is 0 Å². The van der Waals surface area contributed by atoms with Gasteiger partial charge >= 0.3 is 0 Å². The maximum atomic E-state index is 14.2. The third kappa shape index (κ3) is 4.40. The molecule has 5 heterocycles. The molecule has 0 amide bonds. The Morgan fingerprint density at radius 1 is 0.861 bits per heavy atom. The van der Waals surface area contributed by atoms with Gasteiger partial charge in [-0.05, 0) is 61.8 Å². The molecule has 0 radical (unpaired) electrons. The number of pyridine rings is 2. The molecule has 1 saturated heterocycles. The van der Waals surface area contributed by atoms with Gasteiger partial charge in [-0.3, -0.25) is 15.1 Å². The Balaban J connectivity index is 1.30. The summed E-state index contributed by atoms with van der Waals surface area (Å²) < 4.78 is 25.5. The summed E-state index contributed by atoms with van der Waals surface area (Å²) in [4.78, 5) is 12.1. The molecule has 8 nitrogen and oxygen atoms in total. The predicted molar refractivity (Wildman–Crippen MR) is 135 cm³/mol. The number of nitrogens with one attached hydrogen (secondary N) is 3. The average molecular weight is 485 g/mol. The lowest BCUT2D eigenvalue weighted by Gasteiger charge is -2.23. The van der Waals surface area contributed by atoms with Gasteiger partial charge in [-0.2, -0.15) is 5.10 Å². The van der Waals surface area contributed by atoms with Crippen LogP contribution in [0.15, 0.2) is 61.2 Å². The van der Waals surface area contributed by atoms with Gasteiger partial charge in [-0.15, -0.1) is 0 Å². The summed E-state index contributed by atoms with van der Waals surface area (Å²) in [6, 6.07) is 10.6. The van der Waals surface area contributed by atoms with Crippen molar-refractivity contribution in [3.8, 4) is 45.3 Å². The number of benzene rings is 1. The second-order valence-electron chi connectivity index (χ2n) is 8.85. The second kappa shape index (κ2) is 9.43. The van der Waals surface area contributed by atoms with Crippen molar-refractivity contribution in [3.05, 3.63) is 67.0 Å². The van der Waals surface area contributed by atoms with Gasteiger partial charge in [0.2, 0.25) is 0 Å². The Morgan fingerprint density at radius 2 is 1.69 bits per heavy atom. The summed E-state index contributed by atoms with van der Waals surface area (Å²) in [5.74, 6) is 0.839. The van der Waals surface area contributed by atoms with E-state index in [1.54, 1.807) is 30.9 Å². The van der Waals surface area contributed by atoms with E-state index in [0.717, 1.165) is 70.8 Å². The first-order chi connectivity index (χ1) is 17.7. The van der Waals surface area contributed by atoms with Gasteiger partial charge in [-0.25, -0.2) is 4.39 Å². The van der Waals surface area contributed by atoms with E-state index in [2.05, 4.69) is 30.5 Å². The lowest BCUT2D eigenvalue weighted by Crippen LogP contribution is -2.34. The van der Waals surface area contributed by atoms with Gasteiger partial charge in [0.05, 0.1) is 36.4 Å². The van der Waals surface area contributed by atoms with E-state index in [0.29, 0.717) is 11.3 Å². The number of rotatable bonds is 6. The molecule has 0 saturated carbocycles. The Labute approximate surface area is 206 Å². The van der Waals surface area contributed by atoms with Crippen molar-refractivity contribution < 1.29 is 13.9 Å². The Bertz CT molecular complexity index is 1520. The fourth-order valence-corrected chi connectivity index (χ4v) is 4.60. The lowest BCUT2D eigenvalue weighted by atomic mass is 10.0. The summed E-state index contributed by atoms with van der Waals surface area (Å²) in [7, 11) is 1.52. The monoisotopic (exact) mass is 484 g/mol. The average Bonchev–Trinajstić information content (AvgIpc) is 3.56. The molecule has 0 atom stereocenters. The maximum Gasteiger partial charge on any atom is 0.138 e.